The quantitative estimate of drug-likeness (QED) is 0.802. The second-order valence-corrected chi connectivity index (χ2v) is 6.79. The van der Waals surface area contributed by atoms with Crippen LogP contribution in [-0.2, 0) is 9.84 Å². The Bertz CT molecular complexity index is 608. The number of rotatable bonds is 4. The molecule has 0 bridgehead atoms. The largest absolute Gasteiger partial charge is 0.501 e. The van der Waals surface area contributed by atoms with Crippen molar-refractivity contribution in [2.24, 2.45) is 5.92 Å². The van der Waals surface area contributed by atoms with Crippen LogP contribution in [0, 0.1) is 11.7 Å². The van der Waals surface area contributed by atoms with E-state index < -0.39 is 26.1 Å². The average Bonchev–Trinajstić information content (AvgIpc) is 3.11. The van der Waals surface area contributed by atoms with Gasteiger partial charge in [0.15, 0.2) is 0 Å². The van der Waals surface area contributed by atoms with Crippen molar-refractivity contribution in [3.8, 4) is 0 Å². The lowest BCUT2D eigenvalue weighted by atomic mass is 10.2. The Morgan fingerprint density at radius 3 is 2.40 bits per heavy atom. The van der Waals surface area contributed by atoms with Crippen molar-refractivity contribution in [2.75, 3.05) is 18.5 Å². The molecule has 0 radical (unpaired) electrons. The molecule has 0 unspecified atom stereocenters. The highest BCUT2D eigenvalue weighted by Crippen LogP contribution is 2.37. The van der Waals surface area contributed by atoms with Gasteiger partial charge in [-0.3, -0.25) is 0 Å². The first-order valence-electron chi connectivity index (χ1n) is 5.95. The van der Waals surface area contributed by atoms with Crippen molar-refractivity contribution in [1.29, 1.82) is 0 Å². The van der Waals surface area contributed by atoms with Gasteiger partial charge in [0, 0.05) is 13.6 Å². The molecule has 0 saturated heterocycles. The lowest BCUT2D eigenvalue weighted by molar-refractivity contribution is -0.0435. The van der Waals surface area contributed by atoms with Gasteiger partial charge in [0.25, 0.3) is 9.84 Å². The molecule has 1 aromatic rings. The Morgan fingerprint density at radius 2 is 1.90 bits per heavy atom. The number of hydrogen-bond acceptors (Lipinski definition) is 3. The molecule has 0 aromatic heterocycles. The first-order valence-corrected chi connectivity index (χ1v) is 7.43. The minimum atomic E-state index is -5.57. The number of alkyl halides is 3. The van der Waals surface area contributed by atoms with Crippen LogP contribution < -0.4 is 4.90 Å². The van der Waals surface area contributed by atoms with Crippen molar-refractivity contribution in [3.05, 3.63) is 24.0 Å². The Kier molecular flexibility index (Phi) is 3.70. The molecule has 0 amide bonds. The molecule has 1 saturated carbocycles. The smallest absolute Gasteiger partial charge is 0.373 e. The van der Waals surface area contributed by atoms with Gasteiger partial charge in [-0.1, -0.05) is 0 Å². The van der Waals surface area contributed by atoms with Crippen LogP contribution in [-0.4, -0.2) is 27.5 Å². The minimum absolute atomic E-state index is 0.129. The van der Waals surface area contributed by atoms with Crippen LogP contribution in [0.15, 0.2) is 23.1 Å². The van der Waals surface area contributed by atoms with Crippen molar-refractivity contribution in [2.45, 2.75) is 23.2 Å². The van der Waals surface area contributed by atoms with E-state index in [-0.39, 0.29) is 5.69 Å². The summed E-state index contributed by atoms with van der Waals surface area (Å²) in [6.07, 6.45) is 1.93. The molecule has 3 nitrogen and oxygen atoms in total. The maximum Gasteiger partial charge on any atom is 0.501 e. The van der Waals surface area contributed by atoms with Gasteiger partial charge in [-0.25, -0.2) is 12.8 Å². The predicted molar refractivity (Wildman–Crippen MR) is 65.6 cm³/mol. The standard InChI is InChI=1S/C12H13F4NO2S/c1-17(7-8-2-3-8)10-5-4-9(13)6-11(10)20(18,19)12(14,15)16/h4-6,8H,2-3,7H2,1H3. The molecule has 0 N–H and O–H groups in total. The highest BCUT2D eigenvalue weighted by atomic mass is 32.2. The van der Waals surface area contributed by atoms with Crippen molar-refractivity contribution >= 4 is 15.5 Å². The van der Waals surface area contributed by atoms with E-state index in [1.54, 1.807) is 0 Å². The highest BCUT2D eigenvalue weighted by Gasteiger charge is 2.48. The van der Waals surface area contributed by atoms with Gasteiger partial charge < -0.3 is 4.90 Å². The molecular weight excluding hydrogens is 298 g/mol. The third-order valence-electron chi connectivity index (χ3n) is 3.16. The summed E-state index contributed by atoms with van der Waals surface area (Å²) in [5.74, 6) is -0.664. The van der Waals surface area contributed by atoms with E-state index >= 15 is 0 Å². The topological polar surface area (TPSA) is 37.4 Å². The third kappa shape index (κ3) is 2.89. The normalized spacial score (nSPS) is 16.2. The molecule has 8 heteroatoms. The van der Waals surface area contributed by atoms with Gasteiger partial charge in [0.05, 0.1) is 5.69 Å². The molecule has 0 heterocycles. The molecule has 2 rings (SSSR count). The third-order valence-corrected chi connectivity index (χ3v) is 4.67. The Morgan fingerprint density at radius 1 is 1.30 bits per heavy atom. The summed E-state index contributed by atoms with van der Waals surface area (Å²) in [5.41, 5.74) is -5.58. The van der Waals surface area contributed by atoms with Crippen LogP contribution in [0.5, 0.6) is 0 Å². The van der Waals surface area contributed by atoms with E-state index in [9.17, 15) is 26.0 Å². The number of hydrogen-bond donors (Lipinski definition) is 0. The number of sulfone groups is 1. The number of nitrogens with zero attached hydrogens (tertiary/aromatic N) is 1. The first-order chi connectivity index (χ1) is 9.13. The second-order valence-electron chi connectivity index (χ2n) is 4.89. The summed E-state index contributed by atoms with van der Waals surface area (Å²) in [4.78, 5) is 0.392. The van der Waals surface area contributed by atoms with Crippen molar-refractivity contribution in [1.82, 2.24) is 0 Å². The van der Waals surface area contributed by atoms with Gasteiger partial charge in [-0.2, -0.15) is 13.2 Å². The number of anilines is 1. The van der Waals surface area contributed by atoms with Gasteiger partial charge in [-0.15, -0.1) is 0 Å². The lowest BCUT2D eigenvalue weighted by Crippen LogP contribution is -2.28. The maximum atomic E-state index is 13.2. The molecule has 0 aliphatic heterocycles. The van der Waals surface area contributed by atoms with E-state index in [1.807, 2.05) is 0 Å². The van der Waals surface area contributed by atoms with E-state index in [1.165, 1.54) is 11.9 Å². The lowest BCUT2D eigenvalue weighted by Gasteiger charge is -2.22. The van der Waals surface area contributed by atoms with Gasteiger partial charge >= 0.3 is 5.51 Å². The zero-order valence-electron chi connectivity index (χ0n) is 10.6. The summed E-state index contributed by atoms with van der Waals surface area (Å²) < 4.78 is 74.1. The molecule has 112 valence electrons. The SMILES string of the molecule is CN(CC1CC1)c1ccc(F)cc1S(=O)(=O)C(F)(F)F. The van der Waals surface area contributed by atoms with Crippen LogP contribution >= 0.6 is 0 Å². The molecule has 1 fully saturated rings. The molecule has 1 aliphatic rings. The summed E-state index contributed by atoms with van der Waals surface area (Å²) in [5, 5.41) is 0. The van der Waals surface area contributed by atoms with Crippen molar-refractivity contribution in [3.63, 3.8) is 0 Å². The van der Waals surface area contributed by atoms with Crippen LogP contribution in [0.3, 0.4) is 0 Å². The summed E-state index contributed by atoms with van der Waals surface area (Å²) in [6.45, 7) is 0.450. The fourth-order valence-electron chi connectivity index (χ4n) is 1.93. The zero-order valence-corrected chi connectivity index (χ0v) is 11.4. The number of benzene rings is 1. The highest BCUT2D eigenvalue weighted by molar-refractivity contribution is 7.92. The molecule has 20 heavy (non-hydrogen) atoms. The molecule has 1 aliphatic carbocycles. The van der Waals surface area contributed by atoms with Gasteiger partial charge in [0.2, 0.25) is 0 Å². The van der Waals surface area contributed by atoms with Gasteiger partial charge in [-0.05, 0) is 37.0 Å². The fraction of sp³-hybridized carbons (Fsp3) is 0.500. The molecule has 0 atom stereocenters. The first kappa shape index (κ1) is 15.1. The summed E-state index contributed by atoms with van der Waals surface area (Å²) in [7, 11) is -4.07. The van der Waals surface area contributed by atoms with Crippen LogP contribution in [0.2, 0.25) is 0 Å². The average molecular weight is 311 g/mol. The Balaban J connectivity index is 2.47. The van der Waals surface area contributed by atoms with E-state index in [0.29, 0.717) is 18.5 Å². The second kappa shape index (κ2) is 4.91. The molecule has 1 aromatic carbocycles. The van der Waals surface area contributed by atoms with E-state index in [2.05, 4.69) is 0 Å². The summed E-state index contributed by atoms with van der Waals surface area (Å²) >= 11 is 0. The predicted octanol–water partition coefficient (Wildman–Crippen LogP) is 2.97. The van der Waals surface area contributed by atoms with Gasteiger partial charge in [0.1, 0.15) is 10.7 Å². The summed E-state index contributed by atoms with van der Waals surface area (Å²) in [6, 6.07) is 2.44. The number of halogens is 4. The Labute approximate surface area is 114 Å². The van der Waals surface area contributed by atoms with Crippen LogP contribution in [0.4, 0.5) is 23.2 Å². The zero-order chi connectivity index (χ0) is 15.1. The van der Waals surface area contributed by atoms with E-state index in [4.69, 9.17) is 0 Å². The van der Waals surface area contributed by atoms with E-state index in [0.717, 1.165) is 25.0 Å². The molecular formula is C12H13F4NO2S. The fourth-order valence-corrected chi connectivity index (χ4v) is 2.95. The Hall–Kier alpha value is -1.31. The van der Waals surface area contributed by atoms with Crippen molar-refractivity contribution < 1.29 is 26.0 Å². The monoisotopic (exact) mass is 311 g/mol. The van der Waals surface area contributed by atoms with Crippen LogP contribution in [0.1, 0.15) is 12.8 Å². The van der Waals surface area contributed by atoms with Crippen LogP contribution in [0.25, 0.3) is 0 Å². The minimum Gasteiger partial charge on any atom is -0.373 e. The molecule has 0 spiro atoms. The maximum absolute atomic E-state index is 13.2.